The van der Waals surface area contributed by atoms with Crippen LogP contribution in [0, 0.1) is 0 Å². The highest BCUT2D eigenvalue weighted by atomic mass is 16.5. The lowest BCUT2D eigenvalue weighted by Gasteiger charge is -2.30. The summed E-state index contributed by atoms with van der Waals surface area (Å²) in [6.45, 7) is 5.31. The van der Waals surface area contributed by atoms with Gasteiger partial charge in [0.05, 0.1) is 17.7 Å². The number of carbonyl (C=O) groups excluding carboxylic acids is 1. The largest absolute Gasteiger partial charge is 0.385 e. The molecule has 0 aliphatic carbocycles. The van der Waals surface area contributed by atoms with E-state index in [2.05, 4.69) is 5.32 Å². The van der Waals surface area contributed by atoms with Crippen molar-refractivity contribution in [1.29, 1.82) is 0 Å². The van der Waals surface area contributed by atoms with Crippen LogP contribution in [0.25, 0.3) is 0 Å². The van der Waals surface area contributed by atoms with Crippen LogP contribution in [0.2, 0.25) is 0 Å². The molecular weight excluding hydrogens is 220 g/mol. The van der Waals surface area contributed by atoms with Gasteiger partial charge in [-0.1, -0.05) is 0 Å². The van der Waals surface area contributed by atoms with Crippen molar-refractivity contribution in [2.24, 2.45) is 5.73 Å². The molecule has 5 heteroatoms. The molecular formula is C12H24N2O3. The molecule has 3 unspecified atom stereocenters. The zero-order valence-corrected chi connectivity index (χ0v) is 11.0. The Morgan fingerprint density at radius 1 is 1.71 bits per heavy atom. The fourth-order valence-corrected chi connectivity index (χ4v) is 1.95. The first kappa shape index (κ1) is 14.4. The minimum absolute atomic E-state index is 0.0395. The predicted molar refractivity (Wildman–Crippen MR) is 65.7 cm³/mol. The number of methoxy groups -OCH3 is 1. The first-order chi connectivity index (χ1) is 7.99. The summed E-state index contributed by atoms with van der Waals surface area (Å²) in [6, 6.07) is -0.463. The Bertz CT molecular complexity index is 260. The summed E-state index contributed by atoms with van der Waals surface area (Å²) >= 11 is 0. The lowest BCUT2D eigenvalue weighted by molar-refractivity contribution is -0.125. The summed E-state index contributed by atoms with van der Waals surface area (Å²) in [6.07, 6.45) is 2.32. The Labute approximate surface area is 103 Å². The Morgan fingerprint density at radius 3 is 2.94 bits per heavy atom. The summed E-state index contributed by atoms with van der Waals surface area (Å²) in [5, 5.41) is 3.00. The summed E-state index contributed by atoms with van der Waals surface area (Å²) in [4.78, 5) is 11.9. The maximum atomic E-state index is 11.9. The predicted octanol–water partition coefficient (Wildman–Crippen LogP) is 0.424. The van der Waals surface area contributed by atoms with Gasteiger partial charge in [0.1, 0.15) is 0 Å². The third-order valence-electron chi connectivity index (χ3n) is 3.50. The van der Waals surface area contributed by atoms with Crippen molar-refractivity contribution in [3.8, 4) is 0 Å². The second-order valence-electron chi connectivity index (χ2n) is 4.91. The van der Waals surface area contributed by atoms with Crippen LogP contribution in [0.5, 0.6) is 0 Å². The van der Waals surface area contributed by atoms with E-state index >= 15 is 0 Å². The van der Waals surface area contributed by atoms with Crippen LogP contribution in [-0.4, -0.2) is 43.9 Å². The van der Waals surface area contributed by atoms with Gasteiger partial charge >= 0.3 is 0 Å². The highest BCUT2D eigenvalue weighted by molar-refractivity contribution is 5.82. The van der Waals surface area contributed by atoms with Gasteiger partial charge in [-0.2, -0.15) is 0 Å². The number of hydrogen-bond donors (Lipinski definition) is 2. The van der Waals surface area contributed by atoms with E-state index in [0.29, 0.717) is 19.6 Å². The van der Waals surface area contributed by atoms with Gasteiger partial charge in [0.25, 0.3) is 0 Å². The van der Waals surface area contributed by atoms with Crippen molar-refractivity contribution in [2.45, 2.75) is 50.8 Å². The number of rotatable bonds is 6. The maximum absolute atomic E-state index is 11.9. The Morgan fingerprint density at radius 2 is 2.41 bits per heavy atom. The van der Waals surface area contributed by atoms with E-state index in [-0.39, 0.29) is 17.6 Å². The molecule has 1 aliphatic rings. The van der Waals surface area contributed by atoms with Gasteiger partial charge in [-0.3, -0.25) is 4.79 Å². The first-order valence-electron chi connectivity index (χ1n) is 6.18. The van der Waals surface area contributed by atoms with E-state index < -0.39 is 6.04 Å². The number of carbonyl (C=O) groups is 1. The molecule has 1 aliphatic heterocycles. The second kappa shape index (κ2) is 6.33. The Hall–Kier alpha value is -0.650. The zero-order valence-electron chi connectivity index (χ0n) is 11.0. The van der Waals surface area contributed by atoms with Crippen molar-refractivity contribution in [3.05, 3.63) is 0 Å². The Kier molecular flexibility index (Phi) is 5.36. The van der Waals surface area contributed by atoms with Crippen molar-refractivity contribution < 1.29 is 14.3 Å². The second-order valence-corrected chi connectivity index (χ2v) is 4.91. The molecule has 5 nitrogen and oxygen atoms in total. The van der Waals surface area contributed by atoms with Gasteiger partial charge in [-0.15, -0.1) is 0 Å². The third kappa shape index (κ3) is 3.94. The summed E-state index contributed by atoms with van der Waals surface area (Å²) in [5.74, 6) is -0.0963. The molecule has 0 saturated carbocycles. The summed E-state index contributed by atoms with van der Waals surface area (Å²) < 4.78 is 10.4. The van der Waals surface area contributed by atoms with E-state index in [0.717, 1.165) is 12.8 Å². The molecule has 100 valence electrons. The quantitative estimate of drug-likeness (QED) is 0.664. The standard InChI is InChI=1S/C12H24N2O3/c1-9-12(2,6-8-17-9)14-11(15)10(13)5-4-7-16-3/h9-10H,4-8,13H2,1-3H3,(H,14,15). The van der Waals surface area contributed by atoms with E-state index in [9.17, 15) is 4.79 Å². The molecule has 17 heavy (non-hydrogen) atoms. The van der Waals surface area contributed by atoms with Gasteiger partial charge < -0.3 is 20.5 Å². The van der Waals surface area contributed by atoms with Gasteiger partial charge in [-0.25, -0.2) is 0 Å². The molecule has 1 amide bonds. The molecule has 0 aromatic carbocycles. The molecule has 1 saturated heterocycles. The Balaban J connectivity index is 2.37. The normalized spacial score (nSPS) is 30.2. The summed E-state index contributed by atoms with van der Waals surface area (Å²) in [7, 11) is 1.64. The molecule has 0 radical (unpaired) electrons. The lowest BCUT2D eigenvalue weighted by Crippen LogP contribution is -2.55. The molecule has 0 bridgehead atoms. The fourth-order valence-electron chi connectivity index (χ4n) is 1.95. The van der Waals surface area contributed by atoms with Crippen molar-refractivity contribution in [2.75, 3.05) is 20.3 Å². The van der Waals surface area contributed by atoms with E-state index in [1.165, 1.54) is 0 Å². The highest BCUT2D eigenvalue weighted by Crippen LogP contribution is 2.25. The van der Waals surface area contributed by atoms with Gasteiger partial charge in [0.15, 0.2) is 0 Å². The molecule has 3 N–H and O–H groups in total. The van der Waals surface area contributed by atoms with E-state index in [1.807, 2.05) is 13.8 Å². The molecule has 1 heterocycles. The van der Waals surface area contributed by atoms with Gasteiger partial charge in [0.2, 0.25) is 5.91 Å². The minimum atomic E-state index is -0.463. The monoisotopic (exact) mass is 244 g/mol. The maximum Gasteiger partial charge on any atom is 0.237 e. The number of nitrogens with one attached hydrogen (secondary N) is 1. The zero-order chi connectivity index (χ0) is 12.9. The molecule has 0 aromatic heterocycles. The number of nitrogens with two attached hydrogens (primary N) is 1. The molecule has 0 spiro atoms. The van der Waals surface area contributed by atoms with Crippen LogP contribution in [0.3, 0.4) is 0 Å². The average Bonchev–Trinajstić information content (AvgIpc) is 2.59. The molecule has 3 atom stereocenters. The van der Waals surface area contributed by atoms with Crippen LogP contribution < -0.4 is 11.1 Å². The van der Waals surface area contributed by atoms with Crippen LogP contribution in [0.4, 0.5) is 0 Å². The van der Waals surface area contributed by atoms with E-state index in [4.69, 9.17) is 15.2 Å². The smallest absolute Gasteiger partial charge is 0.237 e. The van der Waals surface area contributed by atoms with Crippen molar-refractivity contribution in [3.63, 3.8) is 0 Å². The average molecular weight is 244 g/mol. The SMILES string of the molecule is COCCCC(N)C(=O)NC1(C)CCOC1C. The molecule has 0 aromatic rings. The topological polar surface area (TPSA) is 73.6 Å². The van der Waals surface area contributed by atoms with Crippen LogP contribution in [-0.2, 0) is 14.3 Å². The number of hydrogen-bond acceptors (Lipinski definition) is 4. The summed E-state index contributed by atoms with van der Waals surface area (Å²) in [5.41, 5.74) is 5.55. The lowest BCUT2D eigenvalue weighted by atomic mass is 9.94. The van der Waals surface area contributed by atoms with Crippen molar-refractivity contribution in [1.82, 2.24) is 5.32 Å². The van der Waals surface area contributed by atoms with Crippen LogP contribution in [0.1, 0.15) is 33.1 Å². The van der Waals surface area contributed by atoms with Gasteiger partial charge in [-0.05, 0) is 33.1 Å². The number of ether oxygens (including phenoxy) is 2. The molecule has 1 fully saturated rings. The first-order valence-corrected chi connectivity index (χ1v) is 6.18. The third-order valence-corrected chi connectivity index (χ3v) is 3.50. The fraction of sp³-hybridized carbons (Fsp3) is 0.917. The molecule has 1 rings (SSSR count). The van der Waals surface area contributed by atoms with Crippen LogP contribution >= 0.6 is 0 Å². The van der Waals surface area contributed by atoms with Crippen molar-refractivity contribution >= 4 is 5.91 Å². The van der Waals surface area contributed by atoms with Gasteiger partial charge in [0, 0.05) is 20.3 Å². The number of amides is 1. The van der Waals surface area contributed by atoms with E-state index in [1.54, 1.807) is 7.11 Å². The minimum Gasteiger partial charge on any atom is -0.385 e. The highest BCUT2D eigenvalue weighted by Gasteiger charge is 2.38. The van der Waals surface area contributed by atoms with Crippen LogP contribution in [0.15, 0.2) is 0 Å².